The number of aliphatic imine (C=N–C) groups is 1. The van der Waals surface area contributed by atoms with Gasteiger partial charge in [0.2, 0.25) is 0 Å². The Morgan fingerprint density at radius 3 is 2.79 bits per heavy atom. The molecule has 0 unspecified atom stereocenters. The summed E-state index contributed by atoms with van der Waals surface area (Å²) < 4.78 is 5.38. The molecule has 1 aromatic heterocycles. The second-order valence-corrected chi connectivity index (χ2v) is 7.04. The Morgan fingerprint density at radius 1 is 1.38 bits per heavy atom. The molecule has 1 saturated carbocycles. The normalized spacial score (nSPS) is 17.2. The lowest BCUT2D eigenvalue weighted by atomic mass is 9.86. The van der Waals surface area contributed by atoms with Gasteiger partial charge in [0.15, 0.2) is 5.96 Å². The summed E-state index contributed by atoms with van der Waals surface area (Å²) in [7, 11) is 4.31. The summed E-state index contributed by atoms with van der Waals surface area (Å²) in [6.07, 6.45) is 9.62. The molecular weight excluding hydrogens is 300 g/mol. The zero-order valence-corrected chi connectivity index (χ0v) is 15.2. The first-order valence-corrected chi connectivity index (χ1v) is 8.94. The molecule has 2 N–H and O–H groups in total. The van der Waals surface area contributed by atoms with Gasteiger partial charge >= 0.3 is 0 Å². The topological polar surface area (TPSA) is 52.8 Å². The minimum atomic E-state index is 0.327. The van der Waals surface area contributed by atoms with E-state index in [1.165, 1.54) is 25.7 Å². The lowest BCUT2D eigenvalue weighted by Gasteiger charge is -2.30. The Hall–Kier alpha value is -1.75. The second kappa shape index (κ2) is 9.52. The highest BCUT2D eigenvalue weighted by molar-refractivity contribution is 5.79. The third kappa shape index (κ3) is 6.04. The van der Waals surface area contributed by atoms with E-state index in [1.54, 1.807) is 6.26 Å². The highest BCUT2D eigenvalue weighted by atomic mass is 16.3. The van der Waals surface area contributed by atoms with Crippen molar-refractivity contribution in [2.45, 2.75) is 32.1 Å². The van der Waals surface area contributed by atoms with Crippen molar-refractivity contribution in [1.29, 1.82) is 0 Å². The number of nitrogens with zero attached hydrogens (tertiary/aromatic N) is 2. The third-order valence-corrected chi connectivity index (χ3v) is 4.55. The fourth-order valence-electron chi connectivity index (χ4n) is 3.51. The fraction of sp³-hybridized carbons (Fsp3) is 0.632. The maximum absolute atomic E-state index is 5.38. The first kappa shape index (κ1) is 18.6. The summed E-state index contributed by atoms with van der Waals surface area (Å²) in [4.78, 5) is 7.17. The molecule has 5 heteroatoms. The average Bonchev–Trinajstić information content (AvgIpc) is 3.21. The summed E-state index contributed by atoms with van der Waals surface area (Å²) in [6, 6.07) is 3.92. The van der Waals surface area contributed by atoms with Gasteiger partial charge in [-0.05, 0) is 39.1 Å². The molecule has 1 aromatic rings. The van der Waals surface area contributed by atoms with Crippen molar-refractivity contribution < 1.29 is 4.42 Å². The van der Waals surface area contributed by atoms with Crippen molar-refractivity contribution in [3.8, 4) is 0 Å². The molecule has 134 valence electrons. The summed E-state index contributed by atoms with van der Waals surface area (Å²) in [5.74, 6) is 1.86. The van der Waals surface area contributed by atoms with Crippen molar-refractivity contribution in [2.75, 3.05) is 40.3 Å². The predicted molar refractivity (Wildman–Crippen MR) is 100 cm³/mol. The van der Waals surface area contributed by atoms with E-state index in [0.717, 1.165) is 37.8 Å². The number of guanidine groups is 1. The second-order valence-electron chi connectivity index (χ2n) is 7.04. The van der Waals surface area contributed by atoms with Crippen molar-refractivity contribution in [2.24, 2.45) is 10.4 Å². The van der Waals surface area contributed by atoms with E-state index in [-0.39, 0.29) is 0 Å². The maximum Gasteiger partial charge on any atom is 0.191 e. The van der Waals surface area contributed by atoms with Crippen LogP contribution in [0.2, 0.25) is 0 Å². The summed E-state index contributed by atoms with van der Waals surface area (Å²) in [5.41, 5.74) is 0.327. The molecule has 0 spiro atoms. The van der Waals surface area contributed by atoms with Crippen LogP contribution in [0, 0.1) is 5.41 Å². The maximum atomic E-state index is 5.38. The average molecular weight is 332 g/mol. The summed E-state index contributed by atoms with van der Waals surface area (Å²) in [5, 5.41) is 6.73. The zero-order valence-electron chi connectivity index (χ0n) is 15.2. The van der Waals surface area contributed by atoms with Crippen LogP contribution in [0.25, 0.3) is 0 Å². The number of nitrogens with one attached hydrogen (secondary N) is 2. The minimum Gasteiger partial charge on any atom is -0.469 e. The molecule has 2 rings (SSSR count). The van der Waals surface area contributed by atoms with Gasteiger partial charge in [0, 0.05) is 38.0 Å². The molecular formula is C19H32N4O. The predicted octanol–water partition coefficient (Wildman–Crippen LogP) is 2.67. The van der Waals surface area contributed by atoms with Gasteiger partial charge < -0.3 is 20.0 Å². The van der Waals surface area contributed by atoms with Crippen molar-refractivity contribution >= 4 is 5.96 Å². The van der Waals surface area contributed by atoms with Crippen LogP contribution >= 0.6 is 0 Å². The van der Waals surface area contributed by atoms with Crippen molar-refractivity contribution in [3.05, 3.63) is 36.8 Å². The summed E-state index contributed by atoms with van der Waals surface area (Å²) >= 11 is 0. The Kier molecular flexibility index (Phi) is 7.37. The number of hydrogen-bond acceptors (Lipinski definition) is 3. The number of hydrogen-bond donors (Lipinski definition) is 2. The molecule has 1 aliphatic rings. The summed E-state index contributed by atoms with van der Waals surface area (Å²) in [6.45, 7) is 7.28. The van der Waals surface area contributed by atoms with Gasteiger partial charge in [-0.15, -0.1) is 6.58 Å². The quantitative estimate of drug-likeness (QED) is 0.415. The van der Waals surface area contributed by atoms with Crippen LogP contribution in [-0.2, 0) is 6.42 Å². The fourth-order valence-corrected chi connectivity index (χ4v) is 3.51. The monoisotopic (exact) mass is 332 g/mol. The zero-order chi connectivity index (χ0) is 17.3. The van der Waals surface area contributed by atoms with Crippen LogP contribution in [0.3, 0.4) is 0 Å². The molecule has 1 aliphatic carbocycles. The number of furan rings is 1. The minimum absolute atomic E-state index is 0.327. The molecule has 0 amide bonds. The Labute approximate surface area is 146 Å². The van der Waals surface area contributed by atoms with Crippen LogP contribution in [-0.4, -0.2) is 51.1 Å². The van der Waals surface area contributed by atoms with E-state index in [2.05, 4.69) is 36.2 Å². The van der Waals surface area contributed by atoms with Crippen molar-refractivity contribution in [1.82, 2.24) is 15.5 Å². The standard InChI is InChI=1S/C19H32N4O/c1-4-12-20-18(21-13-9-17-8-7-14-24-17)22-15-19(16-23(2)3)10-5-6-11-19/h4,7-8,14H,1,5-6,9-13,15-16H2,2-3H3,(H2,20,21,22). The van der Waals surface area contributed by atoms with E-state index in [4.69, 9.17) is 9.41 Å². The van der Waals surface area contributed by atoms with E-state index >= 15 is 0 Å². The van der Waals surface area contributed by atoms with E-state index < -0.39 is 0 Å². The van der Waals surface area contributed by atoms with Gasteiger partial charge in [0.05, 0.1) is 6.26 Å². The molecule has 0 atom stereocenters. The third-order valence-electron chi connectivity index (χ3n) is 4.55. The molecule has 0 saturated heterocycles. The Balaban J connectivity index is 1.91. The lowest BCUT2D eigenvalue weighted by Crippen LogP contribution is -2.40. The van der Waals surface area contributed by atoms with Crippen molar-refractivity contribution in [3.63, 3.8) is 0 Å². The van der Waals surface area contributed by atoms with Gasteiger partial charge in [-0.25, -0.2) is 0 Å². The highest BCUT2D eigenvalue weighted by Gasteiger charge is 2.34. The molecule has 5 nitrogen and oxygen atoms in total. The number of rotatable bonds is 9. The molecule has 0 bridgehead atoms. The van der Waals surface area contributed by atoms with Crippen LogP contribution in [0.5, 0.6) is 0 Å². The van der Waals surface area contributed by atoms with Crippen LogP contribution in [0.4, 0.5) is 0 Å². The largest absolute Gasteiger partial charge is 0.469 e. The first-order valence-electron chi connectivity index (χ1n) is 8.94. The van der Waals surface area contributed by atoms with E-state index in [1.807, 2.05) is 18.2 Å². The first-order chi connectivity index (χ1) is 11.6. The van der Waals surface area contributed by atoms with Gasteiger partial charge in [-0.3, -0.25) is 4.99 Å². The Bertz CT molecular complexity index is 501. The lowest BCUT2D eigenvalue weighted by molar-refractivity contribution is 0.210. The molecule has 24 heavy (non-hydrogen) atoms. The Morgan fingerprint density at radius 2 is 2.17 bits per heavy atom. The van der Waals surface area contributed by atoms with Gasteiger partial charge in [-0.1, -0.05) is 18.9 Å². The SMILES string of the molecule is C=CCNC(=NCC1(CN(C)C)CCCC1)NCCc1ccco1. The molecule has 0 aromatic carbocycles. The molecule has 0 radical (unpaired) electrons. The molecule has 1 heterocycles. The van der Waals surface area contributed by atoms with Gasteiger partial charge in [-0.2, -0.15) is 0 Å². The smallest absolute Gasteiger partial charge is 0.191 e. The van der Waals surface area contributed by atoms with E-state index in [0.29, 0.717) is 12.0 Å². The highest BCUT2D eigenvalue weighted by Crippen LogP contribution is 2.38. The van der Waals surface area contributed by atoms with Crippen LogP contribution in [0.15, 0.2) is 40.5 Å². The van der Waals surface area contributed by atoms with Gasteiger partial charge in [0.1, 0.15) is 5.76 Å². The van der Waals surface area contributed by atoms with Gasteiger partial charge in [0.25, 0.3) is 0 Å². The molecule has 1 fully saturated rings. The van der Waals surface area contributed by atoms with E-state index in [9.17, 15) is 0 Å². The molecule has 0 aliphatic heterocycles. The van der Waals surface area contributed by atoms with Crippen LogP contribution in [0.1, 0.15) is 31.4 Å². The van der Waals surface area contributed by atoms with Crippen LogP contribution < -0.4 is 10.6 Å².